The Kier molecular flexibility index (Phi) is 7.11. The minimum Gasteiger partial charge on any atom is -0.491 e. The average Bonchev–Trinajstić information content (AvgIpc) is 2.68. The third-order valence-electron chi connectivity index (χ3n) is 4.76. The molecule has 4 nitrogen and oxygen atoms in total. The summed E-state index contributed by atoms with van der Waals surface area (Å²) in [6.45, 7) is 2.65. The summed E-state index contributed by atoms with van der Waals surface area (Å²) < 4.78 is 6.15. The van der Waals surface area contributed by atoms with Crippen molar-refractivity contribution in [1.82, 2.24) is 10.3 Å². The summed E-state index contributed by atoms with van der Waals surface area (Å²) in [6.07, 6.45) is 7.05. The first-order chi connectivity index (χ1) is 13.2. The zero-order chi connectivity index (χ0) is 19.0. The lowest BCUT2D eigenvalue weighted by Gasteiger charge is -2.37. The fourth-order valence-electron chi connectivity index (χ4n) is 3.46. The molecule has 2 N–H and O–H groups in total. The Hall–Kier alpha value is -2.06. The van der Waals surface area contributed by atoms with Gasteiger partial charge in [0.1, 0.15) is 5.75 Å². The number of benzene rings is 1. The van der Waals surface area contributed by atoms with Crippen LogP contribution in [0, 0.1) is 17.3 Å². The van der Waals surface area contributed by atoms with E-state index >= 15 is 0 Å². The van der Waals surface area contributed by atoms with Crippen molar-refractivity contribution in [2.45, 2.75) is 25.7 Å². The van der Waals surface area contributed by atoms with Crippen LogP contribution in [0.5, 0.6) is 5.75 Å². The molecule has 1 atom stereocenters. The molecular weight excluding hydrogens is 360 g/mol. The van der Waals surface area contributed by atoms with E-state index in [1.165, 1.54) is 5.56 Å². The fraction of sp³-hybridized carbons (Fsp3) is 0.409. The third-order valence-corrected chi connectivity index (χ3v) is 4.99. The molecule has 1 fully saturated rings. The molecule has 1 aliphatic heterocycles. The first kappa shape index (κ1) is 19.7. The number of ether oxygens (including phenoxy) is 1. The Labute approximate surface area is 165 Å². The topological polar surface area (TPSA) is 54.4 Å². The van der Waals surface area contributed by atoms with E-state index < -0.39 is 0 Å². The lowest BCUT2D eigenvalue weighted by atomic mass is 9.76. The average molecular weight is 385 g/mol. The monoisotopic (exact) mass is 384 g/mol. The maximum absolute atomic E-state index is 8.84. The summed E-state index contributed by atoms with van der Waals surface area (Å²) >= 11 is 6.17. The number of rotatable bonds is 6. The molecule has 0 radical (unpaired) electrons. The highest BCUT2D eigenvalue weighted by molar-refractivity contribution is 6.30. The van der Waals surface area contributed by atoms with Gasteiger partial charge < -0.3 is 15.2 Å². The zero-order valence-corrected chi connectivity index (χ0v) is 16.1. The first-order valence-electron chi connectivity index (χ1n) is 9.32. The van der Waals surface area contributed by atoms with Crippen LogP contribution in [0.25, 0.3) is 0 Å². The first-order valence-corrected chi connectivity index (χ1v) is 9.70. The lowest BCUT2D eigenvalue weighted by Crippen LogP contribution is -2.45. The van der Waals surface area contributed by atoms with E-state index in [9.17, 15) is 0 Å². The van der Waals surface area contributed by atoms with Crippen LogP contribution in [0.3, 0.4) is 0 Å². The molecule has 5 heteroatoms. The van der Waals surface area contributed by atoms with Crippen LogP contribution in [0.2, 0.25) is 5.02 Å². The van der Waals surface area contributed by atoms with Gasteiger partial charge in [-0.3, -0.25) is 4.98 Å². The molecule has 0 amide bonds. The number of pyridine rings is 1. The number of halogens is 1. The van der Waals surface area contributed by atoms with E-state index in [0.29, 0.717) is 13.0 Å². The summed E-state index contributed by atoms with van der Waals surface area (Å²) in [4.78, 5) is 4.22. The second-order valence-electron chi connectivity index (χ2n) is 7.06. The maximum atomic E-state index is 8.84. The molecule has 2 aromatic rings. The van der Waals surface area contributed by atoms with Gasteiger partial charge >= 0.3 is 0 Å². The van der Waals surface area contributed by atoms with E-state index in [0.717, 1.165) is 48.7 Å². The second kappa shape index (κ2) is 9.75. The van der Waals surface area contributed by atoms with Crippen molar-refractivity contribution in [1.29, 1.82) is 0 Å². The molecule has 1 aromatic heterocycles. The van der Waals surface area contributed by atoms with Crippen LogP contribution in [0.4, 0.5) is 0 Å². The van der Waals surface area contributed by atoms with Crippen LogP contribution in [0.1, 0.15) is 30.4 Å². The molecule has 1 aliphatic rings. The van der Waals surface area contributed by atoms with Crippen molar-refractivity contribution < 1.29 is 9.84 Å². The number of nitrogens with zero attached hydrogens (tertiary/aromatic N) is 1. The smallest absolute Gasteiger partial charge is 0.138 e. The summed E-state index contributed by atoms with van der Waals surface area (Å²) in [5, 5.41) is 13.1. The van der Waals surface area contributed by atoms with Gasteiger partial charge in [-0.05, 0) is 49.6 Å². The summed E-state index contributed by atoms with van der Waals surface area (Å²) in [6, 6.07) is 9.97. The number of nitrogens with one attached hydrogen (secondary N) is 1. The predicted molar refractivity (Wildman–Crippen MR) is 108 cm³/mol. The van der Waals surface area contributed by atoms with Crippen molar-refractivity contribution in [3.8, 4) is 17.6 Å². The van der Waals surface area contributed by atoms with Gasteiger partial charge in [0.15, 0.2) is 0 Å². The Morgan fingerprint density at radius 2 is 2.22 bits per heavy atom. The number of hydrogen-bond donors (Lipinski definition) is 2. The molecule has 0 spiro atoms. The van der Waals surface area contributed by atoms with Crippen molar-refractivity contribution in [2.75, 3.05) is 26.3 Å². The van der Waals surface area contributed by atoms with Gasteiger partial charge in [0.05, 0.1) is 19.4 Å². The van der Waals surface area contributed by atoms with E-state index in [1.54, 1.807) is 12.4 Å². The Balaban J connectivity index is 1.70. The molecule has 142 valence electrons. The van der Waals surface area contributed by atoms with Gasteiger partial charge in [-0.25, -0.2) is 0 Å². The Morgan fingerprint density at radius 1 is 1.30 bits per heavy atom. The number of aromatic nitrogens is 1. The third kappa shape index (κ3) is 5.97. The number of aliphatic hydroxyl groups excluding tert-OH is 1. The molecule has 2 heterocycles. The fourth-order valence-corrected chi connectivity index (χ4v) is 3.67. The highest BCUT2D eigenvalue weighted by Gasteiger charge is 2.33. The van der Waals surface area contributed by atoms with Crippen molar-refractivity contribution in [2.24, 2.45) is 5.41 Å². The maximum Gasteiger partial charge on any atom is 0.138 e. The number of aliphatic hydroxyl groups is 1. The number of piperidine rings is 1. The zero-order valence-electron chi connectivity index (χ0n) is 15.4. The molecular formula is C22H25ClN2O2. The molecule has 0 aliphatic carbocycles. The highest BCUT2D eigenvalue weighted by atomic mass is 35.5. The van der Waals surface area contributed by atoms with Crippen LogP contribution < -0.4 is 10.1 Å². The van der Waals surface area contributed by atoms with Gasteiger partial charge in [0, 0.05) is 35.2 Å². The van der Waals surface area contributed by atoms with Gasteiger partial charge in [0.2, 0.25) is 0 Å². The van der Waals surface area contributed by atoms with E-state index in [2.05, 4.69) is 28.2 Å². The molecule has 3 rings (SSSR count). The quantitative estimate of drug-likeness (QED) is 0.749. The SMILES string of the molecule is OCCC#Cc1cncc(OCC2(Cc3cccc(Cl)c3)CCCNC2)c1. The van der Waals surface area contributed by atoms with Crippen LogP contribution in [-0.2, 0) is 6.42 Å². The highest BCUT2D eigenvalue weighted by Crippen LogP contribution is 2.32. The molecule has 0 bridgehead atoms. The minimum absolute atomic E-state index is 0.0293. The summed E-state index contributed by atoms with van der Waals surface area (Å²) in [7, 11) is 0. The largest absolute Gasteiger partial charge is 0.491 e. The normalized spacial score (nSPS) is 19.2. The molecule has 1 unspecified atom stereocenters. The van der Waals surface area contributed by atoms with Gasteiger partial charge in [-0.1, -0.05) is 35.6 Å². The lowest BCUT2D eigenvalue weighted by molar-refractivity contribution is 0.110. The molecule has 1 saturated heterocycles. The van der Waals surface area contributed by atoms with Crippen LogP contribution in [-0.4, -0.2) is 36.4 Å². The van der Waals surface area contributed by atoms with Gasteiger partial charge in [-0.2, -0.15) is 0 Å². The molecule has 1 aromatic carbocycles. The van der Waals surface area contributed by atoms with E-state index in [4.69, 9.17) is 21.4 Å². The van der Waals surface area contributed by atoms with Crippen molar-refractivity contribution >= 4 is 11.6 Å². The standard InChI is InChI=1S/C22H25ClN2O2/c23-20-7-3-6-18(11-20)13-22(8-4-9-24-16-22)17-27-21-12-19(14-25-15-21)5-1-2-10-26/h3,6-7,11-12,14-15,24,26H,2,4,8-10,13,16-17H2. The molecule has 27 heavy (non-hydrogen) atoms. The second-order valence-corrected chi connectivity index (χ2v) is 7.50. The summed E-state index contributed by atoms with van der Waals surface area (Å²) in [5.41, 5.74) is 2.06. The van der Waals surface area contributed by atoms with Crippen LogP contribution >= 0.6 is 11.6 Å². The van der Waals surface area contributed by atoms with Crippen molar-refractivity contribution in [3.05, 3.63) is 58.9 Å². The molecule has 0 saturated carbocycles. The van der Waals surface area contributed by atoms with Gasteiger partial charge in [0.25, 0.3) is 0 Å². The Morgan fingerprint density at radius 3 is 3.00 bits per heavy atom. The van der Waals surface area contributed by atoms with Gasteiger partial charge in [-0.15, -0.1) is 0 Å². The Bertz CT molecular complexity index is 807. The van der Waals surface area contributed by atoms with Crippen molar-refractivity contribution in [3.63, 3.8) is 0 Å². The summed E-state index contributed by atoms with van der Waals surface area (Å²) in [5.74, 6) is 6.64. The van der Waals surface area contributed by atoms with E-state index in [1.807, 2.05) is 24.3 Å². The van der Waals surface area contributed by atoms with Crippen LogP contribution in [0.15, 0.2) is 42.7 Å². The predicted octanol–water partition coefficient (Wildman–Crippen LogP) is 3.46. The minimum atomic E-state index is 0.0293. The number of hydrogen-bond acceptors (Lipinski definition) is 4. The van der Waals surface area contributed by atoms with E-state index in [-0.39, 0.29) is 12.0 Å².